The quantitative estimate of drug-likeness (QED) is 0.841. The van der Waals surface area contributed by atoms with Crippen LogP contribution < -0.4 is 10.1 Å². The summed E-state index contributed by atoms with van der Waals surface area (Å²) in [7, 11) is 0. The highest BCUT2D eigenvalue weighted by atomic mass is 16.5. The molecule has 132 valence electrons. The van der Waals surface area contributed by atoms with Gasteiger partial charge in [0.2, 0.25) is 0 Å². The third-order valence-electron chi connectivity index (χ3n) is 4.93. The average Bonchev–Trinajstić information content (AvgIpc) is 2.65. The molecule has 0 aromatic heterocycles. The van der Waals surface area contributed by atoms with E-state index < -0.39 is 0 Å². The minimum absolute atomic E-state index is 0.0291. The van der Waals surface area contributed by atoms with Gasteiger partial charge in [-0.3, -0.25) is 4.79 Å². The Labute approximate surface area is 150 Å². The summed E-state index contributed by atoms with van der Waals surface area (Å²) in [5.74, 6) is 0.802. The molecule has 1 amide bonds. The minimum atomic E-state index is -0.0687. The van der Waals surface area contributed by atoms with Crippen molar-refractivity contribution < 1.29 is 9.53 Å². The zero-order chi connectivity index (χ0) is 17.6. The molecule has 1 aliphatic carbocycles. The molecule has 3 heteroatoms. The summed E-state index contributed by atoms with van der Waals surface area (Å²) >= 11 is 0. The molecular weight excluding hydrogens is 310 g/mol. The number of amides is 1. The van der Waals surface area contributed by atoms with Gasteiger partial charge in [-0.05, 0) is 61.8 Å². The van der Waals surface area contributed by atoms with Gasteiger partial charge in [0.15, 0.2) is 6.61 Å². The van der Waals surface area contributed by atoms with Gasteiger partial charge in [-0.15, -0.1) is 0 Å². The number of carbonyl (C=O) groups excluding carboxylic acids is 1. The number of carbonyl (C=O) groups is 1. The van der Waals surface area contributed by atoms with Crippen molar-refractivity contribution in [1.29, 1.82) is 0 Å². The predicted octanol–water partition coefficient (Wildman–Crippen LogP) is 4.52. The van der Waals surface area contributed by atoms with Gasteiger partial charge in [0.1, 0.15) is 5.75 Å². The van der Waals surface area contributed by atoms with Crippen LogP contribution in [0.3, 0.4) is 0 Å². The van der Waals surface area contributed by atoms with E-state index in [1.807, 2.05) is 12.1 Å². The van der Waals surface area contributed by atoms with Crippen LogP contribution in [0.4, 0.5) is 0 Å². The van der Waals surface area contributed by atoms with E-state index in [1.165, 1.54) is 29.5 Å². The van der Waals surface area contributed by atoms with Crippen LogP contribution in [0.15, 0.2) is 42.5 Å². The molecule has 1 N–H and O–H groups in total. The van der Waals surface area contributed by atoms with Crippen molar-refractivity contribution in [1.82, 2.24) is 5.32 Å². The number of benzene rings is 2. The molecule has 1 atom stereocenters. The molecule has 2 aromatic rings. The molecular formula is C22H27NO2. The second-order valence-corrected chi connectivity index (χ2v) is 6.83. The van der Waals surface area contributed by atoms with E-state index in [-0.39, 0.29) is 18.6 Å². The highest BCUT2D eigenvalue weighted by Crippen LogP contribution is 2.29. The lowest BCUT2D eigenvalue weighted by atomic mass is 9.91. The molecule has 0 bridgehead atoms. The lowest BCUT2D eigenvalue weighted by Gasteiger charge is -2.21. The van der Waals surface area contributed by atoms with Gasteiger partial charge < -0.3 is 10.1 Å². The molecule has 0 radical (unpaired) electrons. The van der Waals surface area contributed by atoms with Crippen LogP contribution >= 0.6 is 0 Å². The zero-order valence-corrected chi connectivity index (χ0v) is 15.2. The van der Waals surface area contributed by atoms with Crippen LogP contribution in [0, 0.1) is 6.92 Å². The number of nitrogens with one attached hydrogen (secondary N) is 1. The van der Waals surface area contributed by atoms with E-state index in [0.717, 1.165) is 30.6 Å². The molecule has 0 fully saturated rings. The van der Waals surface area contributed by atoms with Gasteiger partial charge in [-0.1, -0.05) is 48.9 Å². The first-order valence-electron chi connectivity index (χ1n) is 9.27. The fourth-order valence-electron chi connectivity index (χ4n) is 3.48. The number of fused-ring (bicyclic) bond motifs is 1. The molecule has 3 rings (SSSR count). The zero-order valence-electron chi connectivity index (χ0n) is 15.2. The van der Waals surface area contributed by atoms with Crippen LogP contribution in [0.5, 0.6) is 5.75 Å². The number of rotatable bonds is 6. The highest BCUT2D eigenvalue weighted by molar-refractivity contribution is 5.78. The standard InChI is InChI=1S/C22H27NO2/c1-3-20(18-13-11-16(2)12-14-18)23-22(24)15-25-21-10-6-8-17-7-4-5-9-19(17)21/h6,8,10-14,20H,3-5,7,9,15H2,1-2H3,(H,23,24)/t20-/m1/s1. The first kappa shape index (κ1) is 17.5. The van der Waals surface area contributed by atoms with Gasteiger partial charge in [0, 0.05) is 0 Å². The lowest BCUT2D eigenvalue weighted by Crippen LogP contribution is -2.32. The van der Waals surface area contributed by atoms with Gasteiger partial charge >= 0.3 is 0 Å². The molecule has 25 heavy (non-hydrogen) atoms. The first-order valence-corrected chi connectivity index (χ1v) is 9.27. The third kappa shape index (κ3) is 4.41. The smallest absolute Gasteiger partial charge is 0.258 e. The third-order valence-corrected chi connectivity index (χ3v) is 4.93. The van der Waals surface area contributed by atoms with E-state index in [4.69, 9.17) is 4.74 Å². The summed E-state index contributed by atoms with van der Waals surface area (Å²) in [5, 5.41) is 3.09. The van der Waals surface area contributed by atoms with E-state index in [0.29, 0.717) is 0 Å². The fraction of sp³-hybridized carbons (Fsp3) is 0.409. The molecule has 1 aliphatic rings. The average molecular weight is 337 g/mol. The van der Waals surface area contributed by atoms with Crippen molar-refractivity contribution in [3.05, 3.63) is 64.7 Å². The Morgan fingerprint density at radius 2 is 1.88 bits per heavy atom. The summed E-state index contributed by atoms with van der Waals surface area (Å²) in [6, 6.07) is 14.5. The Balaban J connectivity index is 1.60. The maximum atomic E-state index is 12.4. The number of hydrogen-bond donors (Lipinski definition) is 1. The van der Waals surface area contributed by atoms with E-state index >= 15 is 0 Å². The highest BCUT2D eigenvalue weighted by Gasteiger charge is 2.16. The number of ether oxygens (including phenoxy) is 1. The Kier molecular flexibility index (Phi) is 5.75. The van der Waals surface area contributed by atoms with Crippen molar-refractivity contribution in [2.45, 2.75) is 52.0 Å². The molecule has 0 unspecified atom stereocenters. The number of aryl methyl sites for hydroxylation is 2. The Bertz CT molecular complexity index is 721. The van der Waals surface area contributed by atoms with Crippen LogP contribution in [0.2, 0.25) is 0 Å². The summed E-state index contributed by atoms with van der Waals surface area (Å²) < 4.78 is 5.85. The minimum Gasteiger partial charge on any atom is -0.483 e. The largest absolute Gasteiger partial charge is 0.483 e. The summed E-state index contributed by atoms with van der Waals surface area (Å²) in [6.07, 6.45) is 5.46. The predicted molar refractivity (Wildman–Crippen MR) is 101 cm³/mol. The van der Waals surface area contributed by atoms with E-state index in [2.05, 4.69) is 49.5 Å². The molecule has 0 spiro atoms. The van der Waals surface area contributed by atoms with E-state index in [1.54, 1.807) is 0 Å². The maximum Gasteiger partial charge on any atom is 0.258 e. The van der Waals surface area contributed by atoms with Gasteiger partial charge in [-0.2, -0.15) is 0 Å². The molecule has 0 heterocycles. The Morgan fingerprint density at radius 3 is 2.64 bits per heavy atom. The van der Waals surface area contributed by atoms with Crippen LogP contribution in [-0.4, -0.2) is 12.5 Å². The van der Waals surface area contributed by atoms with Crippen molar-refractivity contribution in [2.24, 2.45) is 0 Å². The first-order chi connectivity index (χ1) is 12.2. The second kappa shape index (κ2) is 8.19. The molecule has 0 saturated heterocycles. The van der Waals surface area contributed by atoms with Gasteiger partial charge in [0.05, 0.1) is 6.04 Å². The maximum absolute atomic E-state index is 12.4. The molecule has 0 aliphatic heterocycles. The van der Waals surface area contributed by atoms with Crippen molar-refractivity contribution in [3.8, 4) is 5.75 Å². The summed E-state index contributed by atoms with van der Waals surface area (Å²) in [6.45, 7) is 4.22. The normalized spacial score (nSPS) is 14.5. The monoisotopic (exact) mass is 337 g/mol. The van der Waals surface area contributed by atoms with Crippen LogP contribution in [0.1, 0.15) is 54.5 Å². The SMILES string of the molecule is CC[C@@H](NC(=O)COc1cccc2c1CCCC2)c1ccc(C)cc1. The molecule has 2 aromatic carbocycles. The van der Waals surface area contributed by atoms with Crippen LogP contribution in [-0.2, 0) is 17.6 Å². The van der Waals surface area contributed by atoms with Gasteiger partial charge in [0.25, 0.3) is 5.91 Å². The summed E-state index contributed by atoms with van der Waals surface area (Å²) in [4.78, 5) is 12.4. The van der Waals surface area contributed by atoms with Crippen molar-refractivity contribution in [3.63, 3.8) is 0 Å². The van der Waals surface area contributed by atoms with Crippen LogP contribution in [0.25, 0.3) is 0 Å². The lowest BCUT2D eigenvalue weighted by molar-refractivity contribution is -0.123. The second-order valence-electron chi connectivity index (χ2n) is 6.83. The Morgan fingerprint density at radius 1 is 1.12 bits per heavy atom. The fourth-order valence-corrected chi connectivity index (χ4v) is 3.48. The topological polar surface area (TPSA) is 38.3 Å². The summed E-state index contributed by atoms with van der Waals surface area (Å²) in [5.41, 5.74) is 5.02. The number of hydrogen-bond acceptors (Lipinski definition) is 2. The Hall–Kier alpha value is -2.29. The van der Waals surface area contributed by atoms with E-state index in [9.17, 15) is 4.79 Å². The molecule has 3 nitrogen and oxygen atoms in total. The van der Waals surface area contributed by atoms with Gasteiger partial charge in [-0.25, -0.2) is 0 Å². The van der Waals surface area contributed by atoms with Crippen molar-refractivity contribution in [2.75, 3.05) is 6.61 Å². The molecule has 0 saturated carbocycles. The van der Waals surface area contributed by atoms with Crippen molar-refractivity contribution >= 4 is 5.91 Å².